The van der Waals surface area contributed by atoms with Crippen molar-refractivity contribution in [1.82, 2.24) is 10.3 Å². The molecular weight excluding hydrogens is 390 g/mol. The van der Waals surface area contributed by atoms with Crippen molar-refractivity contribution in [2.75, 3.05) is 31.1 Å². The average molecular weight is 410 g/mol. The fraction of sp³-hybridized carbons (Fsp3) is 0.190. The Morgan fingerprint density at radius 3 is 2.46 bits per heavy atom. The summed E-state index contributed by atoms with van der Waals surface area (Å²) < 4.78 is 27.9. The number of anilines is 1. The van der Waals surface area contributed by atoms with Gasteiger partial charge in [0, 0.05) is 31.6 Å². The summed E-state index contributed by atoms with van der Waals surface area (Å²) in [6.07, 6.45) is 0. The lowest BCUT2D eigenvalue weighted by Crippen LogP contribution is -2.43. The van der Waals surface area contributed by atoms with Gasteiger partial charge in [0.1, 0.15) is 0 Å². The first-order valence-electron chi connectivity index (χ1n) is 9.23. The van der Waals surface area contributed by atoms with E-state index in [0.29, 0.717) is 9.79 Å². The van der Waals surface area contributed by atoms with E-state index in [-0.39, 0.29) is 0 Å². The van der Waals surface area contributed by atoms with E-state index in [2.05, 4.69) is 10.2 Å². The minimum absolute atomic E-state index is 0.334. The Labute approximate surface area is 167 Å². The second-order valence-corrected chi connectivity index (χ2v) is 9.68. The van der Waals surface area contributed by atoms with E-state index in [1.165, 1.54) is 11.3 Å². The summed E-state index contributed by atoms with van der Waals surface area (Å²) in [6.45, 7) is 3.59. The fourth-order valence-electron chi connectivity index (χ4n) is 3.66. The molecule has 7 heteroatoms. The van der Waals surface area contributed by atoms with Gasteiger partial charge < -0.3 is 10.2 Å². The van der Waals surface area contributed by atoms with Crippen LogP contribution in [0.25, 0.3) is 21.0 Å². The lowest BCUT2D eigenvalue weighted by molar-refractivity contribution is 0.588. The van der Waals surface area contributed by atoms with Crippen molar-refractivity contribution >= 4 is 47.3 Å². The molecule has 0 atom stereocenters. The zero-order valence-corrected chi connectivity index (χ0v) is 16.8. The topological polar surface area (TPSA) is 62.3 Å². The van der Waals surface area contributed by atoms with E-state index in [0.717, 1.165) is 52.3 Å². The number of nitrogens with one attached hydrogen (secondary N) is 1. The number of rotatable bonds is 3. The number of fused-ring (bicyclic) bond motifs is 2. The molecule has 1 N–H and O–H groups in total. The van der Waals surface area contributed by atoms with Crippen molar-refractivity contribution in [3.05, 3.63) is 60.7 Å². The van der Waals surface area contributed by atoms with Crippen molar-refractivity contribution in [3.63, 3.8) is 0 Å². The van der Waals surface area contributed by atoms with Crippen LogP contribution in [0.2, 0.25) is 0 Å². The van der Waals surface area contributed by atoms with Gasteiger partial charge in [-0.05, 0) is 23.6 Å². The van der Waals surface area contributed by atoms with Crippen LogP contribution in [-0.4, -0.2) is 39.6 Å². The standard InChI is InChI=1S/C21H19N3O2S2/c25-28(26,18-9-3-6-15-5-1-2-7-16(15)18)19-10-4-8-17-20(19)27-21(23-17)24-13-11-22-12-14-24/h1-10,22H,11-14H2. The highest BCUT2D eigenvalue weighted by atomic mass is 32.2. The van der Waals surface area contributed by atoms with E-state index in [9.17, 15) is 8.42 Å². The molecule has 4 aromatic rings. The molecule has 1 aromatic heterocycles. The monoisotopic (exact) mass is 409 g/mol. The molecule has 2 heterocycles. The zero-order chi connectivity index (χ0) is 19.1. The Morgan fingerprint density at radius 1 is 0.893 bits per heavy atom. The van der Waals surface area contributed by atoms with E-state index in [1.807, 2.05) is 36.4 Å². The van der Waals surface area contributed by atoms with Crippen LogP contribution in [0, 0.1) is 0 Å². The number of nitrogens with zero attached hydrogens (tertiary/aromatic N) is 2. The van der Waals surface area contributed by atoms with Crippen LogP contribution in [-0.2, 0) is 9.84 Å². The molecule has 5 rings (SSSR count). The molecule has 1 saturated heterocycles. The van der Waals surface area contributed by atoms with Crippen molar-refractivity contribution in [2.45, 2.75) is 9.79 Å². The minimum atomic E-state index is -3.67. The van der Waals surface area contributed by atoms with Crippen LogP contribution in [0.1, 0.15) is 0 Å². The molecule has 1 aliphatic heterocycles. The molecule has 3 aromatic carbocycles. The summed E-state index contributed by atoms with van der Waals surface area (Å²) in [4.78, 5) is 7.61. The number of piperazine rings is 1. The zero-order valence-electron chi connectivity index (χ0n) is 15.1. The molecule has 0 bridgehead atoms. The summed E-state index contributed by atoms with van der Waals surface area (Å²) in [5.41, 5.74) is 0.736. The van der Waals surface area contributed by atoms with Gasteiger partial charge in [0.25, 0.3) is 0 Å². The Bertz CT molecular complexity index is 1270. The maximum Gasteiger partial charge on any atom is 0.208 e. The first kappa shape index (κ1) is 17.6. The third kappa shape index (κ3) is 2.87. The molecule has 0 spiro atoms. The first-order chi connectivity index (χ1) is 13.6. The van der Waals surface area contributed by atoms with Gasteiger partial charge in [0.05, 0.1) is 20.0 Å². The second-order valence-electron chi connectivity index (χ2n) is 6.82. The van der Waals surface area contributed by atoms with Gasteiger partial charge in [-0.15, -0.1) is 0 Å². The van der Waals surface area contributed by atoms with Crippen LogP contribution in [0.3, 0.4) is 0 Å². The van der Waals surface area contributed by atoms with Gasteiger partial charge >= 0.3 is 0 Å². The lowest BCUT2D eigenvalue weighted by atomic mass is 10.1. The van der Waals surface area contributed by atoms with Crippen molar-refractivity contribution in [2.24, 2.45) is 0 Å². The molecule has 0 saturated carbocycles. The van der Waals surface area contributed by atoms with Gasteiger partial charge in [0.15, 0.2) is 5.13 Å². The highest BCUT2D eigenvalue weighted by Gasteiger charge is 2.25. The molecule has 1 aliphatic rings. The largest absolute Gasteiger partial charge is 0.346 e. The third-order valence-electron chi connectivity index (χ3n) is 5.08. The third-order valence-corrected chi connectivity index (χ3v) is 8.23. The molecule has 0 aliphatic carbocycles. The van der Waals surface area contributed by atoms with Gasteiger partial charge in [-0.3, -0.25) is 0 Å². The summed E-state index contributed by atoms with van der Waals surface area (Å²) in [6, 6.07) is 18.4. The van der Waals surface area contributed by atoms with Gasteiger partial charge in [-0.25, -0.2) is 13.4 Å². The van der Waals surface area contributed by atoms with E-state index in [4.69, 9.17) is 4.98 Å². The highest BCUT2D eigenvalue weighted by Crippen LogP contribution is 2.37. The van der Waals surface area contributed by atoms with E-state index < -0.39 is 9.84 Å². The van der Waals surface area contributed by atoms with Crippen LogP contribution >= 0.6 is 11.3 Å². The molecule has 5 nitrogen and oxygen atoms in total. The van der Waals surface area contributed by atoms with Crippen molar-refractivity contribution < 1.29 is 8.42 Å². The molecular formula is C21H19N3O2S2. The first-order valence-corrected chi connectivity index (χ1v) is 11.5. The number of benzene rings is 3. The van der Waals surface area contributed by atoms with Crippen LogP contribution in [0.5, 0.6) is 0 Å². The number of hydrogen-bond acceptors (Lipinski definition) is 6. The molecule has 1 fully saturated rings. The number of sulfone groups is 1. The maximum absolute atomic E-state index is 13.6. The summed E-state index contributed by atoms with van der Waals surface area (Å²) in [5.74, 6) is 0. The normalized spacial score (nSPS) is 15.4. The van der Waals surface area contributed by atoms with E-state index in [1.54, 1.807) is 24.3 Å². The lowest BCUT2D eigenvalue weighted by Gasteiger charge is -2.26. The summed E-state index contributed by atoms with van der Waals surface area (Å²) in [5, 5.41) is 5.88. The second kappa shape index (κ2) is 6.84. The molecule has 142 valence electrons. The Balaban J connectivity index is 1.68. The minimum Gasteiger partial charge on any atom is -0.346 e. The molecule has 0 amide bonds. The Kier molecular flexibility index (Phi) is 4.30. The Hall–Kier alpha value is -2.48. The highest BCUT2D eigenvalue weighted by molar-refractivity contribution is 7.92. The van der Waals surface area contributed by atoms with E-state index >= 15 is 0 Å². The quantitative estimate of drug-likeness (QED) is 0.559. The predicted octanol–water partition coefficient (Wildman–Crippen LogP) is 3.69. The number of aromatic nitrogens is 1. The summed E-state index contributed by atoms with van der Waals surface area (Å²) in [7, 11) is -3.67. The molecule has 0 unspecified atom stereocenters. The predicted molar refractivity (Wildman–Crippen MR) is 114 cm³/mol. The smallest absolute Gasteiger partial charge is 0.208 e. The Morgan fingerprint density at radius 2 is 1.61 bits per heavy atom. The summed E-state index contributed by atoms with van der Waals surface area (Å²) >= 11 is 1.47. The molecule has 28 heavy (non-hydrogen) atoms. The van der Waals surface area contributed by atoms with Gasteiger partial charge in [-0.2, -0.15) is 0 Å². The average Bonchev–Trinajstić information content (AvgIpc) is 3.18. The van der Waals surface area contributed by atoms with Gasteiger partial charge in [-0.1, -0.05) is 53.8 Å². The van der Waals surface area contributed by atoms with Crippen molar-refractivity contribution in [1.29, 1.82) is 0 Å². The number of thiazole rings is 1. The fourth-order valence-corrected chi connectivity index (χ4v) is 6.72. The SMILES string of the molecule is O=S(=O)(c1cccc2ccccc12)c1cccc2nc(N3CCNCC3)sc12. The van der Waals surface area contributed by atoms with Crippen LogP contribution in [0.4, 0.5) is 5.13 Å². The number of hydrogen-bond donors (Lipinski definition) is 1. The van der Waals surface area contributed by atoms with Crippen LogP contribution in [0.15, 0.2) is 70.5 Å². The molecule has 0 radical (unpaired) electrons. The van der Waals surface area contributed by atoms with Gasteiger partial charge in [0.2, 0.25) is 9.84 Å². The van der Waals surface area contributed by atoms with Crippen LogP contribution < -0.4 is 10.2 Å². The maximum atomic E-state index is 13.6. The van der Waals surface area contributed by atoms with Crippen molar-refractivity contribution in [3.8, 4) is 0 Å².